The van der Waals surface area contributed by atoms with Gasteiger partial charge in [0.25, 0.3) is 0 Å². The zero-order chi connectivity index (χ0) is 17.7. The van der Waals surface area contributed by atoms with E-state index >= 15 is 0 Å². The second kappa shape index (κ2) is 7.96. The first-order valence-corrected chi connectivity index (χ1v) is 8.71. The molecule has 0 saturated carbocycles. The SMILES string of the molecule is CCSc1nnc(N)n1C(CC)C(=O)Nc1ccc(C(C)=O)cc1. The number of hydrogen-bond acceptors (Lipinski definition) is 6. The average Bonchev–Trinajstić information content (AvgIpc) is 2.90. The molecule has 0 fully saturated rings. The normalized spacial score (nSPS) is 12.0. The molecule has 0 aliphatic rings. The van der Waals surface area contributed by atoms with Crippen LogP contribution in [0.1, 0.15) is 43.6 Å². The maximum absolute atomic E-state index is 12.7. The van der Waals surface area contributed by atoms with Gasteiger partial charge in [-0.3, -0.25) is 14.2 Å². The average molecular weight is 347 g/mol. The Bertz CT molecular complexity index is 727. The quantitative estimate of drug-likeness (QED) is 0.590. The predicted octanol–water partition coefficient (Wildman–Crippen LogP) is 2.76. The van der Waals surface area contributed by atoms with Crippen LogP contribution in [-0.2, 0) is 4.79 Å². The van der Waals surface area contributed by atoms with Crippen LogP contribution in [0.25, 0.3) is 0 Å². The van der Waals surface area contributed by atoms with E-state index in [0.717, 1.165) is 5.75 Å². The molecule has 3 N–H and O–H groups in total. The molecule has 1 aromatic carbocycles. The van der Waals surface area contributed by atoms with E-state index in [0.29, 0.717) is 22.8 Å². The van der Waals surface area contributed by atoms with Crippen molar-refractivity contribution in [3.05, 3.63) is 29.8 Å². The van der Waals surface area contributed by atoms with Crippen LogP contribution in [0.3, 0.4) is 0 Å². The van der Waals surface area contributed by atoms with Crippen LogP contribution in [0, 0.1) is 0 Å². The van der Waals surface area contributed by atoms with Gasteiger partial charge in [0, 0.05) is 11.3 Å². The molecule has 0 spiro atoms. The van der Waals surface area contributed by atoms with E-state index in [9.17, 15) is 9.59 Å². The lowest BCUT2D eigenvalue weighted by Crippen LogP contribution is -2.27. The Morgan fingerprint density at radius 1 is 1.25 bits per heavy atom. The van der Waals surface area contributed by atoms with E-state index in [-0.39, 0.29) is 17.6 Å². The largest absolute Gasteiger partial charge is 0.368 e. The molecule has 1 amide bonds. The highest BCUT2D eigenvalue weighted by atomic mass is 32.2. The summed E-state index contributed by atoms with van der Waals surface area (Å²) in [5, 5.41) is 11.4. The van der Waals surface area contributed by atoms with Crippen LogP contribution in [0.5, 0.6) is 0 Å². The number of nitrogens with two attached hydrogens (primary N) is 1. The first-order valence-electron chi connectivity index (χ1n) is 7.72. The fraction of sp³-hybridized carbons (Fsp3) is 0.375. The first kappa shape index (κ1) is 18.0. The summed E-state index contributed by atoms with van der Waals surface area (Å²) in [7, 11) is 0. The number of carbonyl (C=O) groups excluding carboxylic acids is 2. The highest BCUT2D eigenvalue weighted by Crippen LogP contribution is 2.26. The van der Waals surface area contributed by atoms with Gasteiger partial charge in [-0.15, -0.1) is 10.2 Å². The highest BCUT2D eigenvalue weighted by Gasteiger charge is 2.24. The third kappa shape index (κ3) is 3.94. The molecule has 2 rings (SSSR count). The van der Waals surface area contributed by atoms with Crippen LogP contribution < -0.4 is 11.1 Å². The molecule has 1 aromatic heterocycles. The Balaban J connectivity index is 2.20. The molecular formula is C16H21N5O2S. The minimum absolute atomic E-state index is 0.0159. The van der Waals surface area contributed by atoms with Crippen LogP contribution >= 0.6 is 11.8 Å². The summed E-state index contributed by atoms with van der Waals surface area (Å²) in [4.78, 5) is 24.0. The molecule has 24 heavy (non-hydrogen) atoms. The highest BCUT2D eigenvalue weighted by molar-refractivity contribution is 7.99. The number of amides is 1. The van der Waals surface area contributed by atoms with E-state index < -0.39 is 6.04 Å². The summed E-state index contributed by atoms with van der Waals surface area (Å²) < 4.78 is 1.66. The van der Waals surface area contributed by atoms with Gasteiger partial charge < -0.3 is 11.1 Å². The van der Waals surface area contributed by atoms with Crippen molar-refractivity contribution in [1.82, 2.24) is 14.8 Å². The van der Waals surface area contributed by atoms with Gasteiger partial charge in [0.05, 0.1) is 0 Å². The topological polar surface area (TPSA) is 103 Å². The minimum atomic E-state index is -0.499. The molecule has 0 bridgehead atoms. The molecule has 0 aliphatic heterocycles. The molecule has 0 saturated heterocycles. The number of anilines is 2. The van der Waals surface area contributed by atoms with Crippen molar-refractivity contribution in [3.63, 3.8) is 0 Å². The molecule has 0 radical (unpaired) electrons. The molecule has 2 aromatic rings. The van der Waals surface area contributed by atoms with Gasteiger partial charge in [-0.05, 0) is 43.4 Å². The van der Waals surface area contributed by atoms with Gasteiger partial charge in [0.15, 0.2) is 10.9 Å². The molecule has 128 valence electrons. The summed E-state index contributed by atoms with van der Waals surface area (Å²) in [5.74, 6) is 0.818. The number of benzene rings is 1. The van der Waals surface area contributed by atoms with Crippen molar-refractivity contribution >= 4 is 35.1 Å². The monoisotopic (exact) mass is 347 g/mol. The third-order valence-corrected chi connectivity index (χ3v) is 4.35. The van der Waals surface area contributed by atoms with Gasteiger partial charge in [-0.2, -0.15) is 0 Å². The van der Waals surface area contributed by atoms with Crippen LogP contribution in [0.2, 0.25) is 0 Å². The zero-order valence-corrected chi connectivity index (χ0v) is 14.8. The number of hydrogen-bond donors (Lipinski definition) is 2. The van der Waals surface area contributed by atoms with Crippen molar-refractivity contribution in [3.8, 4) is 0 Å². The predicted molar refractivity (Wildman–Crippen MR) is 95.2 cm³/mol. The van der Waals surface area contributed by atoms with Gasteiger partial charge in [-0.25, -0.2) is 0 Å². The number of ketones is 1. The second-order valence-corrected chi connectivity index (χ2v) is 6.42. The molecule has 1 unspecified atom stereocenters. The standard InChI is InChI=1S/C16H21N5O2S/c1-4-13(21-15(17)19-20-16(21)24-5-2)14(23)18-12-8-6-11(7-9-12)10(3)22/h6-9,13H,4-5H2,1-3H3,(H2,17,19)(H,18,23). The Labute approximate surface area is 145 Å². The van der Waals surface area contributed by atoms with Gasteiger partial charge in [0.2, 0.25) is 11.9 Å². The number of nitrogens with zero attached hydrogens (tertiary/aromatic N) is 3. The number of thioether (sulfide) groups is 1. The zero-order valence-electron chi connectivity index (χ0n) is 13.9. The van der Waals surface area contributed by atoms with Crippen LogP contribution in [0.4, 0.5) is 11.6 Å². The summed E-state index contributed by atoms with van der Waals surface area (Å²) in [5.41, 5.74) is 7.12. The van der Waals surface area contributed by atoms with Crippen molar-refractivity contribution in [2.24, 2.45) is 0 Å². The summed E-state index contributed by atoms with van der Waals surface area (Å²) >= 11 is 1.49. The molecule has 1 heterocycles. The van der Waals surface area contributed by atoms with Crippen molar-refractivity contribution in [1.29, 1.82) is 0 Å². The maximum Gasteiger partial charge on any atom is 0.247 e. The Morgan fingerprint density at radius 2 is 1.92 bits per heavy atom. The number of nitrogen functional groups attached to an aromatic ring is 1. The van der Waals surface area contributed by atoms with Crippen LogP contribution in [0.15, 0.2) is 29.4 Å². The fourth-order valence-electron chi connectivity index (χ4n) is 2.31. The molecule has 0 aliphatic carbocycles. The van der Waals surface area contributed by atoms with E-state index in [1.807, 2.05) is 13.8 Å². The molecule has 8 heteroatoms. The van der Waals surface area contributed by atoms with Gasteiger partial charge in [0.1, 0.15) is 6.04 Å². The molecular weight excluding hydrogens is 326 g/mol. The minimum Gasteiger partial charge on any atom is -0.368 e. The lowest BCUT2D eigenvalue weighted by Gasteiger charge is -2.19. The number of carbonyl (C=O) groups is 2. The summed E-state index contributed by atoms with van der Waals surface area (Å²) in [6.07, 6.45) is 0.552. The Kier molecular flexibility index (Phi) is 5.97. The van der Waals surface area contributed by atoms with Crippen molar-refractivity contribution in [2.75, 3.05) is 16.8 Å². The van der Waals surface area contributed by atoms with E-state index in [2.05, 4.69) is 15.5 Å². The lowest BCUT2D eigenvalue weighted by atomic mass is 10.1. The first-order chi connectivity index (χ1) is 11.5. The molecule has 7 nitrogen and oxygen atoms in total. The van der Waals surface area contributed by atoms with Gasteiger partial charge >= 0.3 is 0 Å². The van der Waals surface area contributed by atoms with Crippen LogP contribution in [-0.4, -0.2) is 32.2 Å². The van der Waals surface area contributed by atoms with Gasteiger partial charge in [-0.1, -0.05) is 25.6 Å². The Morgan fingerprint density at radius 3 is 2.46 bits per heavy atom. The van der Waals surface area contributed by atoms with E-state index in [4.69, 9.17) is 5.73 Å². The summed E-state index contributed by atoms with van der Waals surface area (Å²) in [6, 6.07) is 6.29. The lowest BCUT2D eigenvalue weighted by molar-refractivity contribution is -0.119. The number of nitrogens with one attached hydrogen (secondary N) is 1. The molecule has 1 atom stereocenters. The number of Topliss-reactive ketones (excluding diaryl/α,β-unsaturated/α-hetero) is 1. The fourth-order valence-corrected chi connectivity index (χ4v) is 3.02. The third-order valence-electron chi connectivity index (χ3n) is 3.52. The maximum atomic E-state index is 12.7. The van der Waals surface area contributed by atoms with Crippen molar-refractivity contribution in [2.45, 2.75) is 38.4 Å². The van der Waals surface area contributed by atoms with E-state index in [1.54, 1.807) is 28.8 Å². The van der Waals surface area contributed by atoms with Crippen molar-refractivity contribution < 1.29 is 9.59 Å². The number of aromatic nitrogens is 3. The van der Waals surface area contributed by atoms with E-state index in [1.165, 1.54) is 18.7 Å². The smallest absolute Gasteiger partial charge is 0.247 e. The summed E-state index contributed by atoms with van der Waals surface area (Å²) in [6.45, 7) is 5.41. The second-order valence-electron chi connectivity index (χ2n) is 5.19. The Hall–Kier alpha value is -2.35. The number of rotatable bonds is 7.